The van der Waals surface area contributed by atoms with Crippen molar-refractivity contribution >= 4 is 21.9 Å². The van der Waals surface area contributed by atoms with Crippen LogP contribution < -0.4 is 11.1 Å². The number of aliphatic carboxylic acids is 1. The normalized spacial score (nSPS) is 36.4. The topological polar surface area (TPSA) is 75.4 Å². The molecule has 0 bridgehead atoms. The molecule has 0 aromatic rings. The van der Waals surface area contributed by atoms with Gasteiger partial charge in [-0.25, -0.2) is 0 Å². The van der Waals surface area contributed by atoms with E-state index >= 15 is 0 Å². The summed E-state index contributed by atoms with van der Waals surface area (Å²) in [4.78, 5) is 10.3. The molecule has 4 N–H and O–H groups in total. The maximum Gasteiger partial charge on any atom is 0.303 e. The van der Waals surface area contributed by atoms with Crippen molar-refractivity contribution in [1.82, 2.24) is 5.32 Å². The van der Waals surface area contributed by atoms with Gasteiger partial charge in [0.05, 0.1) is 10.5 Å². The van der Waals surface area contributed by atoms with Crippen LogP contribution in [0.25, 0.3) is 0 Å². The molecule has 2 atom stereocenters. The average molecular weight is 223 g/mol. The van der Waals surface area contributed by atoms with Crippen LogP contribution in [0.1, 0.15) is 12.8 Å². The van der Waals surface area contributed by atoms with Crippen LogP contribution in [0.3, 0.4) is 0 Å². The molecule has 0 aromatic carbocycles. The van der Waals surface area contributed by atoms with Gasteiger partial charge in [-0.2, -0.15) is 0 Å². The number of nitrogens with two attached hydrogens (primary N) is 1. The second-order valence-corrected chi connectivity index (χ2v) is 3.79. The highest BCUT2D eigenvalue weighted by Gasteiger charge is 2.41. The van der Waals surface area contributed by atoms with Gasteiger partial charge in [-0.05, 0) is 6.42 Å². The minimum atomic E-state index is -0.790. The fourth-order valence-corrected chi connectivity index (χ4v) is 1.55. The van der Waals surface area contributed by atoms with Crippen LogP contribution in [0.2, 0.25) is 0 Å². The van der Waals surface area contributed by atoms with Crippen molar-refractivity contribution in [3.8, 4) is 0 Å². The van der Waals surface area contributed by atoms with Gasteiger partial charge in [0.15, 0.2) is 0 Å². The Bertz CT molecular complexity index is 176. The highest BCUT2D eigenvalue weighted by Crippen LogP contribution is 2.25. The molecule has 1 heterocycles. The first kappa shape index (κ1) is 8.96. The Hall–Kier alpha value is -0.130. The first-order valence-electron chi connectivity index (χ1n) is 3.43. The largest absolute Gasteiger partial charge is 0.481 e. The third kappa shape index (κ3) is 1.91. The van der Waals surface area contributed by atoms with E-state index in [0.717, 1.165) is 0 Å². The van der Waals surface area contributed by atoms with Crippen LogP contribution >= 0.6 is 15.9 Å². The highest BCUT2D eigenvalue weighted by atomic mass is 79.9. The van der Waals surface area contributed by atoms with Gasteiger partial charge in [-0.3, -0.25) is 4.79 Å². The van der Waals surface area contributed by atoms with Crippen molar-refractivity contribution in [2.75, 3.05) is 6.54 Å². The zero-order chi connectivity index (χ0) is 8.48. The van der Waals surface area contributed by atoms with Crippen LogP contribution in [0, 0.1) is 0 Å². The number of alkyl halides is 1. The third-order valence-corrected chi connectivity index (χ3v) is 3.16. The van der Waals surface area contributed by atoms with Gasteiger partial charge in [-0.15, -0.1) is 0 Å². The summed E-state index contributed by atoms with van der Waals surface area (Å²) in [6.45, 7) is 0.691. The van der Waals surface area contributed by atoms with Crippen molar-refractivity contribution in [2.24, 2.45) is 5.73 Å². The second-order valence-electron chi connectivity index (χ2n) is 2.87. The molecule has 1 unspecified atom stereocenters. The molecule has 1 aliphatic heterocycles. The zero-order valence-corrected chi connectivity index (χ0v) is 7.60. The number of rotatable bonds is 3. The first-order valence-corrected chi connectivity index (χ1v) is 4.34. The van der Waals surface area contributed by atoms with E-state index in [1.165, 1.54) is 0 Å². The monoisotopic (exact) mass is 222 g/mol. The molecule has 5 heteroatoms. The van der Waals surface area contributed by atoms with Gasteiger partial charge < -0.3 is 16.2 Å². The molecule has 0 aliphatic carbocycles. The number of carboxylic acids is 1. The van der Waals surface area contributed by atoms with E-state index in [-0.39, 0.29) is 16.9 Å². The summed E-state index contributed by atoms with van der Waals surface area (Å²) in [5.41, 5.74) is 5.46. The lowest BCUT2D eigenvalue weighted by atomic mass is 9.88. The molecule has 0 amide bonds. The smallest absolute Gasteiger partial charge is 0.303 e. The van der Waals surface area contributed by atoms with E-state index in [9.17, 15) is 4.79 Å². The molecule has 1 fully saturated rings. The van der Waals surface area contributed by atoms with Crippen molar-refractivity contribution in [3.05, 3.63) is 0 Å². The first-order chi connectivity index (χ1) is 5.04. The van der Waals surface area contributed by atoms with Crippen LogP contribution in [0.5, 0.6) is 0 Å². The Labute approximate surface area is 73.3 Å². The van der Waals surface area contributed by atoms with Crippen molar-refractivity contribution in [3.63, 3.8) is 0 Å². The molecular formula is C6H11BrN2O2. The Kier molecular flexibility index (Phi) is 2.51. The van der Waals surface area contributed by atoms with E-state index < -0.39 is 5.97 Å². The zero-order valence-electron chi connectivity index (χ0n) is 6.01. The van der Waals surface area contributed by atoms with E-state index in [2.05, 4.69) is 21.2 Å². The van der Waals surface area contributed by atoms with Gasteiger partial charge >= 0.3 is 5.97 Å². The lowest BCUT2D eigenvalue weighted by molar-refractivity contribution is -0.137. The quantitative estimate of drug-likeness (QED) is 0.460. The molecule has 1 aliphatic rings. The summed E-state index contributed by atoms with van der Waals surface area (Å²) in [6.07, 6.45) is 0.658. The van der Waals surface area contributed by atoms with Crippen LogP contribution in [-0.2, 0) is 4.79 Å². The van der Waals surface area contributed by atoms with E-state index in [1.54, 1.807) is 0 Å². The van der Waals surface area contributed by atoms with Gasteiger partial charge in [0.2, 0.25) is 0 Å². The van der Waals surface area contributed by atoms with E-state index in [4.69, 9.17) is 10.8 Å². The molecule has 1 rings (SSSR count). The third-order valence-electron chi connectivity index (χ3n) is 1.92. The lowest BCUT2D eigenvalue weighted by Gasteiger charge is -2.44. The summed E-state index contributed by atoms with van der Waals surface area (Å²) in [7, 11) is 0. The molecule has 0 saturated carbocycles. The predicted octanol–water partition coefficient (Wildman–Crippen LogP) is -0.127. The number of hydrogen-bond donors (Lipinski definition) is 3. The van der Waals surface area contributed by atoms with Gasteiger partial charge in [0, 0.05) is 13.0 Å². The summed E-state index contributed by atoms with van der Waals surface area (Å²) < 4.78 is 0. The van der Waals surface area contributed by atoms with Crippen molar-refractivity contribution < 1.29 is 9.90 Å². The van der Waals surface area contributed by atoms with Crippen LogP contribution in [-0.4, -0.2) is 28.1 Å². The SMILES string of the molecule is NC1(CCC(=O)O)CN[C@@H]1Br. The highest BCUT2D eigenvalue weighted by molar-refractivity contribution is 9.09. The van der Waals surface area contributed by atoms with Crippen molar-refractivity contribution in [2.45, 2.75) is 23.3 Å². The summed E-state index contributed by atoms with van der Waals surface area (Å²) in [5, 5.41) is 11.4. The lowest BCUT2D eigenvalue weighted by Crippen LogP contribution is -2.70. The number of halogens is 1. The van der Waals surface area contributed by atoms with Gasteiger partial charge in [-0.1, -0.05) is 15.9 Å². The molecule has 0 radical (unpaired) electrons. The molecule has 64 valence electrons. The van der Waals surface area contributed by atoms with E-state index in [0.29, 0.717) is 13.0 Å². The fraction of sp³-hybridized carbons (Fsp3) is 0.833. The van der Waals surface area contributed by atoms with Gasteiger partial charge in [0.25, 0.3) is 0 Å². The Morgan fingerprint density at radius 1 is 1.91 bits per heavy atom. The molecule has 1 saturated heterocycles. The van der Waals surface area contributed by atoms with Crippen LogP contribution in [0.15, 0.2) is 0 Å². The number of carboxylic acid groups (broad SMARTS) is 1. The Balaban J connectivity index is 2.30. The molecule has 4 nitrogen and oxygen atoms in total. The standard InChI is InChI=1S/C6H11BrN2O2/c7-5-6(8,3-9-5)2-1-4(10)11/h5,9H,1-3,8H2,(H,10,11)/t5-,6?/m0/s1. The maximum absolute atomic E-state index is 10.2. The number of hydrogen-bond acceptors (Lipinski definition) is 3. The number of nitrogens with one attached hydrogen (secondary N) is 1. The summed E-state index contributed by atoms with van der Waals surface area (Å²) in [6, 6.07) is 0. The van der Waals surface area contributed by atoms with Gasteiger partial charge in [0.1, 0.15) is 0 Å². The molecule has 0 spiro atoms. The second kappa shape index (κ2) is 3.08. The maximum atomic E-state index is 10.2. The number of carbonyl (C=O) groups is 1. The average Bonchev–Trinajstić information content (AvgIpc) is 1.97. The predicted molar refractivity (Wildman–Crippen MR) is 44.5 cm³/mol. The summed E-state index contributed by atoms with van der Waals surface area (Å²) >= 11 is 3.30. The molecule has 0 aromatic heterocycles. The van der Waals surface area contributed by atoms with Crippen molar-refractivity contribution in [1.29, 1.82) is 0 Å². The minimum absolute atomic E-state index is 0.0642. The van der Waals surface area contributed by atoms with E-state index in [1.807, 2.05) is 0 Å². The Morgan fingerprint density at radius 3 is 2.82 bits per heavy atom. The van der Waals surface area contributed by atoms with Crippen LogP contribution in [0.4, 0.5) is 0 Å². The minimum Gasteiger partial charge on any atom is -0.481 e. The Morgan fingerprint density at radius 2 is 2.55 bits per heavy atom. The molecular weight excluding hydrogens is 212 g/mol. The fourth-order valence-electron chi connectivity index (χ4n) is 0.996. The summed E-state index contributed by atoms with van der Waals surface area (Å²) in [5.74, 6) is -0.790. The molecule has 11 heavy (non-hydrogen) atoms.